The Bertz CT molecular complexity index is 919. The van der Waals surface area contributed by atoms with Crippen molar-refractivity contribution in [3.8, 4) is 11.8 Å². The summed E-state index contributed by atoms with van der Waals surface area (Å²) < 4.78 is 5.74. The van der Waals surface area contributed by atoms with Crippen LogP contribution in [0.4, 0.5) is 0 Å². The van der Waals surface area contributed by atoms with E-state index >= 15 is 0 Å². The highest BCUT2D eigenvalue weighted by molar-refractivity contribution is 6.11. The molecule has 1 N–H and O–H groups in total. The van der Waals surface area contributed by atoms with E-state index in [-0.39, 0.29) is 5.78 Å². The minimum Gasteiger partial charge on any atom is -0.481 e. The first-order chi connectivity index (χ1) is 11.1. The largest absolute Gasteiger partial charge is 0.481 e. The molecule has 3 aromatic rings. The summed E-state index contributed by atoms with van der Waals surface area (Å²) in [7, 11) is 0. The Morgan fingerprint density at radius 2 is 1.87 bits per heavy atom. The average Bonchev–Trinajstić information content (AvgIpc) is 2.90. The lowest BCUT2D eigenvalue weighted by Gasteiger charge is -2.14. The molecule has 0 fully saturated rings. The lowest BCUT2D eigenvalue weighted by atomic mass is 10.0. The van der Waals surface area contributed by atoms with Crippen LogP contribution in [0.1, 0.15) is 28.5 Å². The summed E-state index contributed by atoms with van der Waals surface area (Å²) >= 11 is 0. The molecule has 1 atom stereocenters. The summed E-state index contributed by atoms with van der Waals surface area (Å²) in [6.07, 6.45) is -0.678. The van der Waals surface area contributed by atoms with Crippen LogP contribution in [-0.2, 0) is 0 Å². The van der Waals surface area contributed by atoms with Crippen LogP contribution in [0, 0.1) is 18.3 Å². The average molecular weight is 304 g/mol. The normalized spacial score (nSPS) is 11.9. The summed E-state index contributed by atoms with van der Waals surface area (Å²) in [5, 5.41) is 10.0. The molecule has 0 saturated carbocycles. The van der Waals surface area contributed by atoms with E-state index in [9.17, 15) is 4.79 Å². The van der Waals surface area contributed by atoms with E-state index in [1.807, 2.05) is 31.2 Å². The molecule has 0 aliphatic carbocycles. The van der Waals surface area contributed by atoms with Crippen molar-refractivity contribution in [3.63, 3.8) is 0 Å². The van der Waals surface area contributed by atoms with Gasteiger partial charge in [-0.3, -0.25) is 4.79 Å². The molecular formula is C19H16N2O2. The van der Waals surface area contributed by atoms with E-state index in [1.165, 1.54) is 0 Å². The molecule has 0 radical (unpaired) electrons. The summed E-state index contributed by atoms with van der Waals surface area (Å²) in [5.41, 5.74) is 2.81. The van der Waals surface area contributed by atoms with Crippen molar-refractivity contribution in [2.45, 2.75) is 20.0 Å². The highest BCUT2D eigenvalue weighted by atomic mass is 16.5. The minimum atomic E-state index is -0.678. The zero-order valence-electron chi connectivity index (χ0n) is 13.0. The number of carbonyl (C=O) groups excluding carboxylic acids is 1. The van der Waals surface area contributed by atoms with E-state index in [0.717, 1.165) is 16.6 Å². The first-order valence-corrected chi connectivity index (χ1v) is 7.39. The van der Waals surface area contributed by atoms with E-state index in [1.54, 1.807) is 31.2 Å². The topological polar surface area (TPSA) is 65.9 Å². The Morgan fingerprint density at radius 3 is 2.65 bits per heavy atom. The molecule has 0 aliphatic heterocycles. The van der Waals surface area contributed by atoms with Crippen molar-refractivity contribution < 1.29 is 9.53 Å². The molecular weight excluding hydrogens is 288 g/mol. The number of nitrogens with zero attached hydrogens (tertiary/aromatic N) is 1. The lowest BCUT2D eigenvalue weighted by Crippen LogP contribution is -2.24. The van der Waals surface area contributed by atoms with Gasteiger partial charge in [-0.2, -0.15) is 5.26 Å². The van der Waals surface area contributed by atoms with Crippen LogP contribution >= 0.6 is 0 Å². The summed E-state index contributed by atoms with van der Waals surface area (Å²) in [6.45, 7) is 3.58. The fraction of sp³-hybridized carbons (Fsp3) is 0.158. The van der Waals surface area contributed by atoms with Gasteiger partial charge in [-0.1, -0.05) is 30.3 Å². The molecule has 1 aromatic heterocycles. The Morgan fingerprint density at radius 1 is 1.17 bits per heavy atom. The molecule has 4 nitrogen and oxygen atoms in total. The van der Waals surface area contributed by atoms with Crippen molar-refractivity contribution >= 4 is 16.7 Å². The van der Waals surface area contributed by atoms with Crippen molar-refractivity contribution in [1.82, 2.24) is 4.98 Å². The molecule has 0 spiro atoms. The number of rotatable bonds is 4. The highest BCUT2D eigenvalue weighted by Gasteiger charge is 2.23. The van der Waals surface area contributed by atoms with Crippen molar-refractivity contribution in [2.75, 3.05) is 0 Å². The number of ketones is 1. The number of ether oxygens (including phenoxy) is 1. The fourth-order valence-electron chi connectivity index (χ4n) is 2.70. The predicted octanol–water partition coefficient (Wildman–Crippen LogP) is 4.00. The molecule has 4 heteroatoms. The van der Waals surface area contributed by atoms with Crippen LogP contribution in [0.15, 0.2) is 48.5 Å². The Hall–Kier alpha value is -3.06. The second-order valence-electron chi connectivity index (χ2n) is 5.40. The summed E-state index contributed by atoms with van der Waals surface area (Å²) in [5.74, 6) is 0.320. The number of H-pyrrole nitrogens is 1. The number of para-hydroxylation sites is 2. The monoisotopic (exact) mass is 304 g/mol. The first-order valence-electron chi connectivity index (χ1n) is 7.39. The number of aryl methyl sites for hydroxylation is 1. The Kier molecular flexibility index (Phi) is 3.86. The second kappa shape index (κ2) is 5.98. The molecule has 0 aliphatic rings. The van der Waals surface area contributed by atoms with Gasteiger partial charge in [-0.05, 0) is 32.0 Å². The van der Waals surface area contributed by atoms with Gasteiger partial charge < -0.3 is 9.72 Å². The molecule has 2 aromatic carbocycles. The first kappa shape index (κ1) is 14.9. The Labute approximate surface area is 134 Å². The second-order valence-corrected chi connectivity index (χ2v) is 5.40. The number of aromatic nitrogens is 1. The molecule has 0 amide bonds. The van der Waals surface area contributed by atoms with Crippen LogP contribution in [0.3, 0.4) is 0 Å². The SMILES string of the molecule is Cc1[nH]c2ccccc2c1C(=O)[C@H](C)Oc1ccccc1C#N. The van der Waals surface area contributed by atoms with Crippen molar-refractivity contribution in [3.05, 3.63) is 65.4 Å². The molecule has 3 rings (SSSR count). The number of carbonyl (C=O) groups is 1. The van der Waals surface area contributed by atoms with Gasteiger partial charge in [0.2, 0.25) is 5.78 Å². The van der Waals surface area contributed by atoms with Crippen LogP contribution in [0.2, 0.25) is 0 Å². The van der Waals surface area contributed by atoms with Gasteiger partial charge in [0.05, 0.1) is 5.56 Å². The third-order valence-electron chi connectivity index (χ3n) is 3.82. The smallest absolute Gasteiger partial charge is 0.205 e. The molecule has 1 heterocycles. The number of hydrogen-bond donors (Lipinski definition) is 1. The summed E-state index contributed by atoms with van der Waals surface area (Å²) in [4.78, 5) is 16.0. The molecule has 0 bridgehead atoms. The van der Waals surface area contributed by atoms with E-state index in [2.05, 4.69) is 11.1 Å². The van der Waals surface area contributed by atoms with Crippen LogP contribution in [-0.4, -0.2) is 16.9 Å². The van der Waals surface area contributed by atoms with E-state index < -0.39 is 6.10 Å². The van der Waals surface area contributed by atoms with Crippen LogP contribution in [0.25, 0.3) is 10.9 Å². The molecule has 0 saturated heterocycles. The Balaban J connectivity index is 1.93. The standard InChI is InChI=1S/C19H16N2O2/c1-12-18(15-8-4-5-9-16(15)21-12)19(22)13(2)23-17-10-6-3-7-14(17)11-20/h3-10,13,21H,1-2H3/t13-/m0/s1. The van der Waals surface area contributed by atoms with Gasteiger partial charge in [0.25, 0.3) is 0 Å². The maximum absolute atomic E-state index is 12.8. The van der Waals surface area contributed by atoms with E-state index in [0.29, 0.717) is 16.9 Å². The lowest BCUT2D eigenvalue weighted by molar-refractivity contribution is 0.0819. The quantitative estimate of drug-likeness (QED) is 0.741. The third-order valence-corrected chi connectivity index (χ3v) is 3.82. The zero-order chi connectivity index (χ0) is 16.4. The number of Topliss-reactive ketones (excluding diaryl/α,β-unsaturated/α-hetero) is 1. The van der Waals surface area contributed by atoms with Gasteiger partial charge >= 0.3 is 0 Å². The number of nitriles is 1. The number of benzene rings is 2. The fourth-order valence-corrected chi connectivity index (χ4v) is 2.70. The third kappa shape index (κ3) is 2.69. The number of fused-ring (bicyclic) bond motifs is 1. The highest BCUT2D eigenvalue weighted by Crippen LogP contribution is 2.25. The number of aromatic amines is 1. The van der Waals surface area contributed by atoms with E-state index in [4.69, 9.17) is 10.00 Å². The van der Waals surface area contributed by atoms with Gasteiger partial charge in [-0.15, -0.1) is 0 Å². The molecule has 114 valence electrons. The van der Waals surface area contributed by atoms with Crippen LogP contribution in [0.5, 0.6) is 5.75 Å². The number of hydrogen-bond acceptors (Lipinski definition) is 3. The zero-order valence-corrected chi connectivity index (χ0v) is 13.0. The number of nitrogens with one attached hydrogen (secondary N) is 1. The van der Waals surface area contributed by atoms with Crippen molar-refractivity contribution in [2.24, 2.45) is 0 Å². The van der Waals surface area contributed by atoms with Crippen LogP contribution < -0.4 is 4.74 Å². The maximum atomic E-state index is 12.8. The molecule has 0 unspecified atom stereocenters. The van der Waals surface area contributed by atoms with Gasteiger partial charge in [0, 0.05) is 22.2 Å². The predicted molar refractivity (Wildman–Crippen MR) is 88.6 cm³/mol. The molecule has 23 heavy (non-hydrogen) atoms. The maximum Gasteiger partial charge on any atom is 0.205 e. The van der Waals surface area contributed by atoms with Gasteiger partial charge in [0.1, 0.15) is 11.8 Å². The minimum absolute atomic E-state index is 0.104. The van der Waals surface area contributed by atoms with Gasteiger partial charge in [0.15, 0.2) is 6.10 Å². The van der Waals surface area contributed by atoms with Gasteiger partial charge in [-0.25, -0.2) is 0 Å². The van der Waals surface area contributed by atoms with Crippen molar-refractivity contribution in [1.29, 1.82) is 5.26 Å². The summed E-state index contributed by atoms with van der Waals surface area (Å²) in [6, 6.07) is 16.7.